The van der Waals surface area contributed by atoms with Gasteiger partial charge in [0.05, 0.1) is 11.3 Å². The first-order valence-corrected chi connectivity index (χ1v) is 9.34. The maximum atomic E-state index is 13.2. The molecule has 0 unspecified atom stereocenters. The van der Waals surface area contributed by atoms with Gasteiger partial charge in [0.2, 0.25) is 11.6 Å². The fourth-order valence-electron chi connectivity index (χ4n) is 3.87. The molecule has 3 rings (SSSR count). The predicted octanol–water partition coefficient (Wildman–Crippen LogP) is 1.44. The van der Waals surface area contributed by atoms with E-state index in [0.29, 0.717) is 11.3 Å². The zero-order valence-corrected chi connectivity index (χ0v) is 16.6. The average Bonchev–Trinajstić information content (AvgIpc) is 2.97. The summed E-state index contributed by atoms with van der Waals surface area (Å²) in [5.74, 6) is -1.81. The number of esters is 1. The molecule has 2 aliphatic rings. The van der Waals surface area contributed by atoms with E-state index in [2.05, 4.69) is 5.32 Å². The van der Waals surface area contributed by atoms with Crippen LogP contribution in [0.3, 0.4) is 0 Å². The molecule has 1 fully saturated rings. The first-order valence-electron chi connectivity index (χ1n) is 9.34. The number of carbonyl (C=O) groups excluding carboxylic acids is 4. The molecule has 8 nitrogen and oxygen atoms in total. The molecule has 1 N–H and O–H groups in total. The summed E-state index contributed by atoms with van der Waals surface area (Å²) in [5.41, 5.74) is -1.25. The number of rotatable bonds is 4. The maximum absolute atomic E-state index is 13.2. The number of nitrogens with one attached hydrogen (secondary N) is 1. The van der Waals surface area contributed by atoms with Crippen molar-refractivity contribution >= 4 is 29.4 Å². The van der Waals surface area contributed by atoms with Gasteiger partial charge in [-0.3, -0.25) is 19.3 Å². The van der Waals surface area contributed by atoms with Crippen LogP contribution in [-0.4, -0.2) is 52.9 Å². The van der Waals surface area contributed by atoms with Gasteiger partial charge in [-0.05, 0) is 39.8 Å². The van der Waals surface area contributed by atoms with Crippen LogP contribution in [0.25, 0.3) is 0 Å². The highest BCUT2D eigenvalue weighted by Crippen LogP contribution is 2.44. The normalized spacial score (nSPS) is 21.3. The minimum Gasteiger partial charge on any atom is -0.452 e. The van der Waals surface area contributed by atoms with Crippen molar-refractivity contribution in [1.82, 2.24) is 10.2 Å². The molecule has 0 saturated carbocycles. The van der Waals surface area contributed by atoms with Gasteiger partial charge in [0.1, 0.15) is 0 Å². The van der Waals surface area contributed by atoms with Crippen LogP contribution in [-0.2, 0) is 19.1 Å². The number of benzene rings is 1. The van der Waals surface area contributed by atoms with Gasteiger partial charge < -0.3 is 15.0 Å². The van der Waals surface area contributed by atoms with Crippen molar-refractivity contribution in [3.63, 3.8) is 0 Å². The standard InChI is InChI=1S/C20H25N3O5/c1-5-22-17(26)13-8-6-7-9-14(13)23-16(25)10-11-20(22,23)18(27)28-12-15(24)21-19(2,3)4/h6-9H,5,10-12H2,1-4H3,(H,21,24)/t20-/m0/s1. The monoisotopic (exact) mass is 387 g/mol. The Morgan fingerprint density at radius 3 is 2.54 bits per heavy atom. The van der Waals surface area contributed by atoms with Crippen LogP contribution in [0.4, 0.5) is 5.69 Å². The van der Waals surface area contributed by atoms with Gasteiger partial charge >= 0.3 is 5.97 Å². The lowest BCUT2D eigenvalue weighted by molar-refractivity contribution is -0.160. The van der Waals surface area contributed by atoms with Gasteiger partial charge in [-0.2, -0.15) is 0 Å². The van der Waals surface area contributed by atoms with Crippen LogP contribution in [0, 0.1) is 0 Å². The third kappa shape index (κ3) is 3.12. The number of hydrogen-bond donors (Lipinski definition) is 1. The van der Waals surface area contributed by atoms with E-state index in [9.17, 15) is 19.2 Å². The van der Waals surface area contributed by atoms with Crippen molar-refractivity contribution in [1.29, 1.82) is 0 Å². The molecule has 0 radical (unpaired) electrons. The number of ether oxygens (including phenoxy) is 1. The van der Waals surface area contributed by atoms with Gasteiger partial charge in [0.15, 0.2) is 6.61 Å². The Labute approximate surface area is 163 Å². The van der Waals surface area contributed by atoms with Crippen molar-refractivity contribution < 1.29 is 23.9 Å². The Hall–Kier alpha value is -2.90. The number of anilines is 1. The Morgan fingerprint density at radius 1 is 1.21 bits per heavy atom. The molecule has 28 heavy (non-hydrogen) atoms. The van der Waals surface area contributed by atoms with E-state index in [4.69, 9.17) is 4.74 Å². The summed E-state index contributed by atoms with van der Waals surface area (Å²) >= 11 is 0. The molecule has 1 aromatic carbocycles. The highest BCUT2D eigenvalue weighted by Gasteiger charge is 2.61. The number of carbonyl (C=O) groups is 4. The lowest BCUT2D eigenvalue weighted by Crippen LogP contribution is -2.68. The number of likely N-dealkylation sites (N-methyl/N-ethyl adjacent to an activating group) is 1. The van der Waals surface area contributed by atoms with Gasteiger partial charge in [-0.15, -0.1) is 0 Å². The van der Waals surface area contributed by atoms with Crippen molar-refractivity contribution in [3.8, 4) is 0 Å². The van der Waals surface area contributed by atoms with Crippen molar-refractivity contribution in [2.24, 2.45) is 0 Å². The molecular weight excluding hydrogens is 362 g/mol. The number of hydrogen-bond acceptors (Lipinski definition) is 5. The third-order valence-corrected chi connectivity index (χ3v) is 4.87. The van der Waals surface area contributed by atoms with E-state index in [1.807, 2.05) is 20.8 Å². The summed E-state index contributed by atoms with van der Waals surface area (Å²) in [4.78, 5) is 53.6. The first kappa shape index (κ1) is 19.9. The summed E-state index contributed by atoms with van der Waals surface area (Å²) in [6.07, 6.45) is 0.237. The maximum Gasteiger partial charge on any atom is 0.354 e. The molecule has 8 heteroatoms. The summed E-state index contributed by atoms with van der Waals surface area (Å²) in [7, 11) is 0. The SMILES string of the molecule is CCN1C(=O)c2ccccc2N2C(=O)CC[C@]12C(=O)OCC(=O)NC(C)(C)C. The Balaban J connectivity index is 1.95. The van der Waals surface area contributed by atoms with Crippen LogP contribution in [0.15, 0.2) is 24.3 Å². The number of fused-ring (bicyclic) bond motifs is 3. The molecule has 0 spiro atoms. The Morgan fingerprint density at radius 2 is 1.89 bits per heavy atom. The molecule has 150 valence electrons. The van der Waals surface area contributed by atoms with Crippen molar-refractivity contribution in [2.75, 3.05) is 18.1 Å². The second kappa shape index (κ2) is 6.92. The topological polar surface area (TPSA) is 96.0 Å². The predicted molar refractivity (Wildman–Crippen MR) is 101 cm³/mol. The molecule has 2 aliphatic heterocycles. The largest absolute Gasteiger partial charge is 0.452 e. The summed E-state index contributed by atoms with van der Waals surface area (Å²) < 4.78 is 5.30. The van der Waals surface area contributed by atoms with Gasteiger partial charge in [0.25, 0.3) is 11.8 Å². The van der Waals surface area contributed by atoms with Gasteiger partial charge in [-0.25, -0.2) is 4.79 Å². The first-order chi connectivity index (χ1) is 13.1. The second-order valence-corrected chi connectivity index (χ2v) is 7.99. The van der Waals surface area contributed by atoms with E-state index < -0.39 is 29.7 Å². The fourth-order valence-corrected chi connectivity index (χ4v) is 3.87. The summed E-state index contributed by atoms with van der Waals surface area (Å²) in [6, 6.07) is 6.72. The van der Waals surface area contributed by atoms with Crippen molar-refractivity contribution in [3.05, 3.63) is 29.8 Å². The minimum absolute atomic E-state index is 0.113. The molecule has 0 aromatic heterocycles. The number of nitrogens with zero attached hydrogens (tertiary/aromatic N) is 2. The van der Waals surface area contributed by atoms with Crippen LogP contribution in [0.1, 0.15) is 50.9 Å². The van der Waals surface area contributed by atoms with E-state index >= 15 is 0 Å². The Bertz CT molecular complexity index is 844. The molecule has 3 amide bonds. The minimum atomic E-state index is -1.56. The lowest BCUT2D eigenvalue weighted by atomic mass is 9.96. The number of para-hydroxylation sites is 1. The second-order valence-electron chi connectivity index (χ2n) is 7.99. The van der Waals surface area contributed by atoms with E-state index in [1.54, 1.807) is 31.2 Å². The zero-order valence-electron chi connectivity index (χ0n) is 16.6. The molecule has 0 bridgehead atoms. The third-order valence-electron chi connectivity index (χ3n) is 4.87. The van der Waals surface area contributed by atoms with Gasteiger partial charge in [0, 0.05) is 24.9 Å². The summed E-state index contributed by atoms with van der Waals surface area (Å²) in [6.45, 7) is 6.94. The lowest BCUT2D eigenvalue weighted by Gasteiger charge is -2.47. The summed E-state index contributed by atoms with van der Waals surface area (Å²) in [5, 5.41) is 2.72. The average molecular weight is 387 g/mol. The molecule has 1 atom stereocenters. The molecule has 2 heterocycles. The van der Waals surface area contributed by atoms with Crippen molar-refractivity contribution in [2.45, 2.75) is 51.7 Å². The highest BCUT2D eigenvalue weighted by molar-refractivity contribution is 6.15. The molecule has 0 aliphatic carbocycles. The van der Waals surface area contributed by atoms with E-state index in [0.717, 1.165) is 0 Å². The number of amides is 3. The zero-order chi connectivity index (χ0) is 20.7. The van der Waals surface area contributed by atoms with E-state index in [1.165, 1.54) is 9.80 Å². The highest BCUT2D eigenvalue weighted by atomic mass is 16.5. The fraction of sp³-hybridized carbons (Fsp3) is 0.500. The molecule has 1 saturated heterocycles. The van der Waals surface area contributed by atoms with Crippen LogP contribution >= 0.6 is 0 Å². The quantitative estimate of drug-likeness (QED) is 0.789. The smallest absolute Gasteiger partial charge is 0.354 e. The van der Waals surface area contributed by atoms with E-state index in [-0.39, 0.29) is 31.2 Å². The molecular formula is C20H25N3O5. The van der Waals surface area contributed by atoms with Crippen LogP contribution < -0.4 is 10.2 Å². The van der Waals surface area contributed by atoms with Crippen LogP contribution in [0.2, 0.25) is 0 Å². The van der Waals surface area contributed by atoms with Crippen LogP contribution in [0.5, 0.6) is 0 Å². The Kier molecular flexibility index (Phi) is 4.91. The molecule has 1 aromatic rings. The van der Waals surface area contributed by atoms with Gasteiger partial charge in [-0.1, -0.05) is 12.1 Å².